The average molecular weight is 405 g/mol. The number of para-hydroxylation sites is 1. The summed E-state index contributed by atoms with van der Waals surface area (Å²) in [5.41, 5.74) is 4.01. The van der Waals surface area contributed by atoms with E-state index in [1.807, 2.05) is 12.1 Å². The Kier molecular flexibility index (Phi) is 4.47. The van der Waals surface area contributed by atoms with E-state index in [-0.39, 0.29) is 18.2 Å². The summed E-state index contributed by atoms with van der Waals surface area (Å²) in [6, 6.07) is 12.9. The maximum atomic E-state index is 13.3. The van der Waals surface area contributed by atoms with Gasteiger partial charge in [-0.25, -0.2) is 4.90 Å². The first-order valence-electron chi connectivity index (χ1n) is 10.0. The number of anilines is 1. The van der Waals surface area contributed by atoms with Gasteiger partial charge in [0.1, 0.15) is 11.5 Å². The fourth-order valence-electron chi connectivity index (χ4n) is 4.58. The largest absolute Gasteiger partial charge is 0.497 e. The van der Waals surface area contributed by atoms with Crippen LogP contribution in [0.4, 0.5) is 5.69 Å². The highest BCUT2D eigenvalue weighted by atomic mass is 16.5. The SMILES string of the molecule is COc1ccc(N2C(=O)CC(N3CCc4[nH]c5ccccc5c4C3)C2=O)c(OC)c1. The molecule has 0 spiro atoms. The third-order valence-corrected chi connectivity index (χ3v) is 6.10. The molecule has 1 fully saturated rings. The van der Waals surface area contributed by atoms with Crippen LogP contribution in [0.5, 0.6) is 11.5 Å². The number of amides is 2. The van der Waals surface area contributed by atoms with Crippen LogP contribution in [0.3, 0.4) is 0 Å². The third kappa shape index (κ3) is 2.85. The zero-order chi connectivity index (χ0) is 20.8. The number of aromatic nitrogens is 1. The van der Waals surface area contributed by atoms with Gasteiger partial charge in [-0.15, -0.1) is 0 Å². The molecule has 1 aromatic heterocycles. The van der Waals surface area contributed by atoms with E-state index in [1.165, 1.54) is 28.7 Å². The van der Waals surface area contributed by atoms with Gasteiger partial charge in [0.2, 0.25) is 5.91 Å². The van der Waals surface area contributed by atoms with Gasteiger partial charge < -0.3 is 14.5 Å². The van der Waals surface area contributed by atoms with Crippen molar-refractivity contribution in [3.63, 3.8) is 0 Å². The smallest absolute Gasteiger partial charge is 0.251 e. The van der Waals surface area contributed by atoms with E-state index in [9.17, 15) is 9.59 Å². The van der Waals surface area contributed by atoms with Crippen LogP contribution in [0.15, 0.2) is 42.5 Å². The van der Waals surface area contributed by atoms with Crippen molar-refractivity contribution in [1.82, 2.24) is 9.88 Å². The minimum absolute atomic E-state index is 0.172. The number of rotatable bonds is 4. The number of aromatic amines is 1. The minimum atomic E-state index is -0.467. The van der Waals surface area contributed by atoms with Gasteiger partial charge in [0, 0.05) is 42.2 Å². The van der Waals surface area contributed by atoms with Crippen molar-refractivity contribution in [2.45, 2.75) is 25.4 Å². The number of imide groups is 1. The second-order valence-corrected chi connectivity index (χ2v) is 7.67. The molecule has 1 saturated heterocycles. The number of H-pyrrole nitrogens is 1. The van der Waals surface area contributed by atoms with Gasteiger partial charge in [-0.2, -0.15) is 0 Å². The topological polar surface area (TPSA) is 74.9 Å². The van der Waals surface area contributed by atoms with Gasteiger partial charge in [-0.3, -0.25) is 14.5 Å². The summed E-state index contributed by atoms with van der Waals surface area (Å²) in [6.45, 7) is 1.38. The van der Waals surface area contributed by atoms with E-state index in [4.69, 9.17) is 9.47 Å². The van der Waals surface area contributed by atoms with Crippen molar-refractivity contribution in [2.24, 2.45) is 0 Å². The molecule has 1 atom stereocenters. The van der Waals surface area contributed by atoms with Gasteiger partial charge >= 0.3 is 0 Å². The number of methoxy groups -OCH3 is 2. The van der Waals surface area contributed by atoms with Crippen molar-refractivity contribution in [3.8, 4) is 11.5 Å². The molecule has 154 valence electrons. The minimum Gasteiger partial charge on any atom is -0.497 e. The molecule has 2 amide bonds. The highest BCUT2D eigenvalue weighted by Crippen LogP contribution is 2.37. The van der Waals surface area contributed by atoms with Gasteiger partial charge in [0.25, 0.3) is 5.91 Å². The Balaban J connectivity index is 1.44. The molecule has 30 heavy (non-hydrogen) atoms. The first-order valence-corrected chi connectivity index (χ1v) is 10.0. The summed E-state index contributed by atoms with van der Waals surface area (Å²) >= 11 is 0. The average Bonchev–Trinajstić information content (AvgIpc) is 3.29. The molecule has 5 rings (SSSR count). The lowest BCUT2D eigenvalue weighted by molar-refractivity contribution is -0.123. The predicted molar refractivity (Wildman–Crippen MR) is 113 cm³/mol. The van der Waals surface area contributed by atoms with Crippen LogP contribution < -0.4 is 14.4 Å². The van der Waals surface area contributed by atoms with Crippen molar-refractivity contribution >= 4 is 28.4 Å². The summed E-state index contributed by atoms with van der Waals surface area (Å²) < 4.78 is 10.6. The summed E-state index contributed by atoms with van der Waals surface area (Å²) in [6.07, 6.45) is 1.000. The fourth-order valence-corrected chi connectivity index (χ4v) is 4.58. The molecule has 3 heterocycles. The van der Waals surface area contributed by atoms with Crippen molar-refractivity contribution in [2.75, 3.05) is 25.7 Å². The normalized spacial score (nSPS) is 19.4. The molecule has 2 aliphatic heterocycles. The maximum absolute atomic E-state index is 13.3. The van der Waals surface area contributed by atoms with E-state index in [1.54, 1.807) is 25.3 Å². The first-order chi connectivity index (χ1) is 14.6. The molecule has 0 aliphatic carbocycles. The van der Waals surface area contributed by atoms with Crippen molar-refractivity contribution in [3.05, 3.63) is 53.7 Å². The summed E-state index contributed by atoms with van der Waals surface area (Å²) in [5, 5.41) is 1.18. The highest BCUT2D eigenvalue weighted by Gasteiger charge is 2.44. The highest BCUT2D eigenvalue weighted by molar-refractivity contribution is 6.23. The van der Waals surface area contributed by atoms with Crippen LogP contribution in [0, 0.1) is 0 Å². The van der Waals surface area contributed by atoms with Crippen LogP contribution in [-0.4, -0.2) is 48.5 Å². The van der Waals surface area contributed by atoms with Crippen LogP contribution in [-0.2, 0) is 22.6 Å². The lowest BCUT2D eigenvalue weighted by atomic mass is 10.0. The molecule has 0 saturated carbocycles. The first kappa shape index (κ1) is 18.7. The van der Waals surface area contributed by atoms with Crippen LogP contribution in [0.25, 0.3) is 10.9 Å². The summed E-state index contributed by atoms with van der Waals surface area (Å²) in [7, 11) is 3.08. The molecule has 2 aliphatic rings. The van der Waals surface area contributed by atoms with Gasteiger partial charge in [-0.05, 0) is 23.8 Å². The molecule has 1 N–H and O–H groups in total. The number of nitrogens with one attached hydrogen (secondary N) is 1. The number of hydrogen-bond donors (Lipinski definition) is 1. The van der Waals surface area contributed by atoms with E-state index in [0.29, 0.717) is 23.7 Å². The Morgan fingerprint density at radius 1 is 1.07 bits per heavy atom. The number of carbonyl (C=O) groups is 2. The zero-order valence-electron chi connectivity index (χ0n) is 17.0. The Hall–Kier alpha value is -3.32. The Morgan fingerprint density at radius 3 is 2.70 bits per heavy atom. The lowest BCUT2D eigenvalue weighted by Crippen LogP contribution is -2.44. The number of nitrogens with zero attached hydrogens (tertiary/aromatic N) is 2. The van der Waals surface area contributed by atoms with Crippen molar-refractivity contribution in [1.29, 1.82) is 0 Å². The van der Waals surface area contributed by atoms with E-state index in [2.05, 4.69) is 22.0 Å². The number of ether oxygens (including phenoxy) is 2. The molecule has 0 bridgehead atoms. The van der Waals surface area contributed by atoms with Gasteiger partial charge in [0.15, 0.2) is 0 Å². The maximum Gasteiger partial charge on any atom is 0.251 e. The Bertz CT molecular complexity index is 1150. The lowest BCUT2D eigenvalue weighted by Gasteiger charge is -2.31. The molecule has 1 unspecified atom stereocenters. The summed E-state index contributed by atoms with van der Waals surface area (Å²) in [4.78, 5) is 33.0. The monoisotopic (exact) mass is 405 g/mol. The van der Waals surface area contributed by atoms with E-state index < -0.39 is 6.04 Å². The quantitative estimate of drug-likeness (QED) is 0.676. The number of carbonyl (C=O) groups excluding carboxylic acids is 2. The number of fused-ring (bicyclic) bond motifs is 3. The van der Waals surface area contributed by atoms with Crippen LogP contribution in [0.1, 0.15) is 17.7 Å². The molecule has 7 nitrogen and oxygen atoms in total. The second-order valence-electron chi connectivity index (χ2n) is 7.67. The molecule has 0 radical (unpaired) electrons. The molecule has 3 aromatic rings. The van der Waals surface area contributed by atoms with E-state index in [0.717, 1.165) is 18.5 Å². The molecule has 2 aromatic carbocycles. The molecular formula is C23H23N3O4. The van der Waals surface area contributed by atoms with Crippen molar-refractivity contribution < 1.29 is 19.1 Å². The second kappa shape index (κ2) is 7.18. The Morgan fingerprint density at radius 2 is 1.90 bits per heavy atom. The van der Waals surface area contributed by atoms with E-state index >= 15 is 0 Å². The predicted octanol–water partition coefficient (Wildman–Crippen LogP) is 2.88. The van der Waals surface area contributed by atoms with Crippen LogP contribution in [0.2, 0.25) is 0 Å². The van der Waals surface area contributed by atoms with Crippen LogP contribution >= 0.6 is 0 Å². The molecular weight excluding hydrogens is 382 g/mol. The zero-order valence-corrected chi connectivity index (χ0v) is 17.0. The van der Waals surface area contributed by atoms with Gasteiger partial charge in [0.05, 0.1) is 32.4 Å². The number of benzene rings is 2. The third-order valence-electron chi connectivity index (χ3n) is 6.10. The Labute approximate surface area is 174 Å². The fraction of sp³-hybridized carbons (Fsp3) is 0.304. The standard InChI is InChI=1S/C23H23N3O4/c1-29-14-7-8-19(21(11-14)30-2)26-22(27)12-20(23(26)28)25-10-9-18-16(13-25)15-5-3-4-6-17(15)24-18/h3-8,11,20,24H,9-10,12-13H2,1-2H3. The van der Waals surface area contributed by atoms with Gasteiger partial charge in [-0.1, -0.05) is 18.2 Å². The summed E-state index contributed by atoms with van der Waals surface area (Å²) in [5.74, 6) is 0.633. The molecule has 7 heteroatoms. The number of hydrogen-bond acceptors (Lipinski definition) is 5.